The van der Waals surface area contributed by atoms with Crippen molar-refractivity contribution in [3.8, 4) is 0 Å². The Bertz CT molecular complexity index is 347. The lowest BCUT2D eigenvalue weighted by molar-refractivity contribution is -0.137. The Morgan fingerprint density at radius 3 is 2.67 bits per heavy atom. The zero-order valence-electron chi connectivity index (χ0n) is 7.83. The van der Waals surface area contributed by atoms with Crippen molar-refractivity contribution in [3.63, 3.8) is 0 Å². The fourth-order valence-electron chi connectivity index (χ4n) is 0.998. The van der Waals surface area contributed by atoms with E-state index in [1.54, 1.807) is 12.2 Å². The van der Waals surface area contributed by atoms with Gasteiger partial charge in [0.15, 0.2) is 0 Å². The number of allylic oxidation sites excluding steroid dienone is 1. The van der Waals surface area contributed by atoms with Crippen LogP contribution in [-0.2, 0) is 6.18 Å². The average Bonchev–Trinajstić information content (AvgIpc) is 2.17. The van der Waals surface area contributed by atoms with E-state index in [1.165, 1.54) is 6.20 Å². The number of nitrogens with zero attached hydrogens (tertiary/aromatic N) is 1. The molecule has 1 aromatic rings. The van der Waals surface area contributed by atoms with Crippen LogP contribution in [0.2, 0.25) is 0 Å². The predicted molar refractivity (Wildman–Crippen MR) is 56.7 cm³/mol. The molecule has 1 heterocycles. The Morgan fingerprint density at radius 1 is 1.33 bits per heavy atom. The molecule has 82 valence electrons. The maximum atomic E-state index is 12.3. The van der Waals surface area contributed by atoms with Gasteiger partial charge in [0.2, 0.25) is 0 Å². The number of hydrogen-bond donors (Lipinski definition) is 1. The number of aromatic nitrogens is 1. The lowest BCUT2D eigenvalue weighted by Crippen LogP contribution is -2.05. The molecular formula is C10H10F3NS. The van der Waals surface area contributed by atoms with E-state index in [0.29, 0.717) is 11.3 Å². The highest BCUT2D eigenvalue weighted by Gasteiger charge is 2.30. The van der Waals surface area contributed by atoms with Gasteiger partial charge >= 0.3 is 6.18 Å². The first kappa shape index (κ1) is 12.1. The molecular weight excluding hydrogens is 223 g/mol. The molecule has 0 saturated carbocycles. The third-order valence-corrected chi connectivity index (χ3v) is 1.95. The van der Waals surface area contributed by atoms with E-state index >= 15 is 0 Å². The van der Waals surface area contributed by atoms with E-state index in [-0.39, 0.29) is 0 Å². The smallest absolute Gasteiger partial charge is 0.263 e. The van der Waals surface area contributed by atoms with Crippen LogP contribution < -0.4 is 0 Å². The number of rotatable bonds is 3. The number of alkyl halides is 3. The van der Waals surface area contributed by atoms with Crippen LogP contribution in [-0.4, -0.2) is 10.7 Å². The maximum absolute atomic E-state index is 12.3. The zero-order valence-corrected chi connectivity index (χ0v) is 8.72. The van der Waals surface area contributed by atoms with E-state index < -0.39 is 11.7 Å². The lowest BCUT2D eigenvalue weighted by Gasteiger charge is -2.05. The second-order valence-corrected chi connectivity index (χ2v) is 3.37. The average molecular weight is 233 g/mol. The number of halogens is 3. The highest BCUT2D eigenvalue weighted by molar-refractivity contribution is 7.80. The highest BCUT2D eigenvalue weighted by Crippen LogP contribution is 2.29. The molecule has 0 unspecified atom stereocenters. The van der Waals surface area contributed by atoms with Crippen molar-refractivity contribution < 1.29 is 13.2 Å². The number of pyridine rings is 1. The van der Waals surface area contributed by atoms with Gasteiger partial charge in [-0.15, -0.1) is 0 Å². The summed E-state index contributed by atoms with van der Waals surface area (Å²) in [5.74, 6) is 0.670. The van der Waals surface area contributed by atoms with Crippen molar-refractivity contribution in [2.45, 2.75) is 12.6 Å². The fraction of sp³-hybridized carbons (Fsp3) is 0.300. The predicted octanol–water partition coefficient (Wildman–Crippen LogP) is 3.43. The summed E-state index contributed by atoms with van der Waals surface area (Å²) in [4.78, 5) is 3.54. The van der Waals surface area contributed by atoms with Gasteiger partial charge in [-0.1, -0.05) is 12.2 Å². The third-order valence-electron chi connectivity index (χ3n) is 1.69. The third kappa shape index (κ3) is 3.95. The molecule has 0 N–H and O–H groups in total. The molecule has 0 spiro atoms. The standard InChI is InChI=1S/C10H10F3NS/c11-10(12,13)9-5-8(6-14-7-9)3-1-2-4-15/h1,3,5-7,15H,2,4H2. The normalized spacial score (nSPS) is 12.3. The van der Waals surface area contributed by atoms with Crippen molar-refractivity contribution in [2.24, 2.45) is 0 Å². The summed E-state index contributed by atoms with van der Waals surface area (Å²) in [6.45, 7) is 0. The largest absolute Gasteiger partial charge is 0.417 e. The SMILES string of the molecule is FC(F)(F)c1cncc(C=CCCS)c1. The van der Waals surface area contributed by atoms with Crippen LogP contribution in [0.25, 0.3) is 6.08 Å². The lowest BCUT2D eigenvalue weighted by atomic mass is 10.2. The second-order valence-electron chi connectivity index (χ2n) is 2.92. The van der Waals surface area contributed by atoms with Crippen molar-refractivity contribution in [2.75, 3.05) is 5.75 Å². The van der Waals surface area contributed by atoms with Crippen molar-refractivity contribution in [1.82, 2.24) is 4.98 Å². The molecule has 0 saturated heterocycles. The van der Waals surface area contributed by atoms with Gasteiger partial charge in [0, 0.05) is 12.4 Å². The van der Waals surface area contributed by atoms with Crippen LogP contribution in [0.15, 0.2) is 24.5 Å². The van der Waals surface area contributed by atoms with Crippen LogP contribution in [0.3, 0.4) is 0 Å². The minimum Gasteiger partial charge on any atom is -0.263 e. The van der Waals surface area contributed by atoms with Crippen molar-refractivity contribution >= 4 is 18.7 Å². The Balaban J connectivity index is 2.84. The van der Waals surface area contributed by atoms with Gasteiger partial charge in [0.05, 0.1) is 5.56 Å². The summed E-state index contributed by atoms with van der Waals surface area (Å²) in [6.07, 6.45) is 1.97. The molecule has 15 heavy (non-hydrogen) atoms. The number of thiol groups is 1. The van der Waals surface area contributed by atoms with E-state index in [0.717, 1.165) is 18.7 Å². The fourth-order valence-corrected chi connectivity index (χ4v) is 1.15. The minimum atomic E-state index is -4.33. The number of hydrogen-bond acceptors (Lipinski definition) is 2. The Hall–Kier alpha value is -0.970. The molecule has 0 aliphatic carbocycles. The highest BCUT2D eigenvalue weighted by atomic mass is 32.1. The molecule has 0 amide bonds. The van der Waals surface area contributed by atoms with Crippen LogP contribution in [0.1, 0.15) is 17.5 Å². The first-order chi connectivity index (χ1) is 7.04. The summed E-state index contributed by atoms with van der Waals surface area (Å²) in [6, 6.07) is 1.07. The Morgan fingerprint density at radius 2 is 2.07 bits per heavy atom. The van der Waals surface area contributed by atoms with Crippen LogP contribution >= 0.6 is 12.6 Å². The Kier molecular flexibility index (Phi) is 4.20. The van der Waals surface area contributed by atoms with E-state index in [4.69, 9.17) is 0 Å². The summed E-state index contributed by atoms with van der Waals surface area (Å²) < 4.78 is 36.8. The van der Waals surface area contributed by atoms with E-state index in [2.05, 4.69) is 17.6 Å². The molecule has 0 bridgehead atoms. The van der Waals surface area contributed by atoms with Crippen LogP contribution in [0, 0.1) is 0 Å². The van der Waals surface area contributed by atoms with Crippen LogP contribution in [0.4, 0.5) is 13.2 Å². The Labute approximate surface area is 91.4 Å². The van der Waals surface area contributed by atoms with E-state index in [1.807, 2.05) is 0 Å². The summed E-state index contributed by atoms with van der Waals surface area (Å²) in [5.41, 5.74) is -0.276. The summed E-state index contributed by atoms with van der Waals surface area (Å²) in [5, 5.41) is 0. The zero-order chi connectivity index (χ0) is 11.3. The molecule has 0 aliphatic rings. The van der Waals surface area contributed by atoms with Gasteiger partial charge in [0.25, 0.3) is 0 Å². The molecule has 0 radical (unpaired) electrons. The van der Waals surface area contributed by atoms with E-state index in [9.17, 15) is 13.2 Å². The quantitative estimate of drug-likeness (QED) is 0.789. The van der Waals surface area contributed by atoms with Crippen LogP contribution in [0.5, 0.6) is 0 Å². The summed E-state index contributed by atoms with van der Waals surface area (Å²) >= 11 is 3.99. The van der Waals surface area contributed by atoms with Gasteiger partial charge < -0.3 is 0 Å². The van der Waals surface area contributed by atoms with Gasteiger partial charge in [-0.2, -0.15) is 25.8 Å². The molecule has 0 fully saturated rings. The summed E-state index contributed by atoms with van der Waals surface area (Å²) in [7, 11) is 0. The molecule has 0 atom stereocenters. The monoisotopic (exact) mass is 233 g/mol. The molecule has 1 rings (SSSR count). The maximum Gasteiger partial charge on any atom is 0.417 e. The minimum absolute atomic E-state index is 0.451. The molecule has 5 heteroatoms. The van der Waals surface area contributed by atoms with Gasteiger partial charge in [0.1, 0.15) is 0 Å². The molecule has 1 nitrogen and oxygen atoms in total. The topological polar surface area (TPSA) is 12.9 Å². The molecule has 0 aliphatic heterocycles. The van der Waals surface area contributed by atoms with Gasteiger partial charge in [-0.05, 0) is 23.8 Å². The molecule has 1 aromatic heterocycles. The van der Waals surface area contributed by atoms with Crippen molar-refractivity contribution in [1.29, 1.82) is 0 Å². The van der Waals surface area contributed by atoms with Crippen molar-refractivity contribution in [3.05, 3.63) is 35.7 Å². The second kappa shape index (κ2) is 5.21. The first-order valence-corrected chi connectivity index (χ1v) is 4.97. The van der Waals surface area contributed by atoms with Gasteiger partial charge in [-0.3, -0.25) is 4.98 Å². The van der Waals surface area contributed by atoms with Gasteiger partial charge in [-0.25, -0.2) is 0 Å². The first-order valence-electron chi connectivity index (χ1n) is 4.33. The molecule has 0 aromatic carbocycles.